The molecule has 5 nitrogen and oxygen atoms in total. The van der Waals surface area contributed by atoms with E-state index in [1.54, 1.807) is 18.2 Å². The number of carbonyl (C=O) groups is 2. The lowest BCUT2D eigenvalue weighted by molar-refractivity contribution is -0.138. The number of aromatic nitrogens is 1. The van der Waals surface area contributed by atoms with Crippen molar-refractivity contribution < 1.29 is 19.4 Å². The van der Waals surface area contributed by atoms with E-state index in [0.29, 0.717) is 24.3 Å². The minimum Gasteiger partial charge on any atom is -0.478 e. The summed E-state index contributed by atoms with van der Waals surface area (Å²) in [4.78, 5) is 23.5. The number of aromatic carboxylic acids is 1. The molecule has 3 aromatic rings. The Balaban J connectivity index is 1.73. The second-order valence-corrected chi connectivity index (χ2v) is 7.39. The van der Waals surface area contributed by atoms with Crippen LogP contribution < -0.4 is 0 Å². The maximum Gasteiger partial charge on any atom is 0.338 e. The van der Waals surface area contributed by atoms with E-state index in [2.05, 4.69) is 18.1 Å². The molecule has 0 spiro atoms. The lowest BCUT2D eigenvalue weighted by atomic mass is 9.98. The molecule has 0 radical (unpaired) electrons. The molecule has 5 heteroatoms. The van der Waals surface area contributed by atoms with Crippen LogP contribution in [0.5, 0.6) is 0 Å². The number of nitrogens with zero attached hydrogens (tertiary/aromatic N) is 1. The predicted molar refractivity (Wildman–Crippen MR) is 123 cm³/mol. The van der Waals surface area contributed by atoms with Crippen LogP contribution in [0.25, 0.3) is 16.5 Å². The number of carboxylic acids is 1. The van der Waals surface area contributed by atoms with Gasteiger partial charge in [-0.3, -0.25) is 0 Å². The summed E-state index contributed by atoms with van der Waals surface area (Å²) in [5.41, 5.74) is 4.33. The van der Waals surface area contributed by atoms with Crippen molar-refractivity contribution in [1.82, 2.24) is 4.57 Å². The average molecular weight is 418 g/mol. The molecule has 0 aliphatic carbocycles. The molecule has 0 aliphatic heterocycles. The quantitative estimate of drug-likeness (QED) is 0.210. The molecule has 0 saturated heterocycles. The number of rotatable bonds is 9. The first-order chi connectivity index (χ1) is 14.9. The Labute approximate surface area is 182 Å². The first-order valence-corrected chi connectivity index (χ1v) is 10.4. The van der Waals surface area contributed by atoms with Crippen molar-refractivity contribution in [2.24, 2.45) is 0 Å². The number of unbranched alkanes of at least 4 members (excludes halogenated alkanes) is 1. The van der Waals surface area contributed by atoms with E-state index < -0.39 is 5.97 Å². The fraction of sp³-hybridized carbons (Fsp3) is 0.231. The Bertz CT molecular complexity index is 1140. The number of allylic oxidation sites excluding steroid dienone is 1. The lowest BCUT2D eigenvalue weighted by Crippen LogP contribution is -2.10. The minimum absolute atomic E-state index is 0.279. The molecule has 0 aliphatic rings. The summed E-state index contributed by atoms with van der Waals surface area (Å²) in [6, 6.07) is 15.0. The molecule has 31 heavy (non-hydrogen) atoms. The lowest BCUT2D eigenvalue weighted by Gasteiger charge is -2.12. The Kier molecular flexibility index (Phi) is 7.08. The topological polar surface area (TPSA) is 68.5 Å². The van der Waals surface area contributed by atoms with Crippen LogP contribution in [0.2, 0.25) is 0 Å². The van der Waals surface area contributed by atoms with E-state index in [1.165, 1.54) is 0 Å². The first kappa shape index (κ1) is 22.1. The SMILES string of the molecule is C=C(/C(=C\C)C(=O)OCCCC)c1ccc(Cn2ccc3cc(C(=O)O)ccc32)cc1. The highest BCUT2D eigenvalue weighted by Gasteiger charge is 2.15. The standard InChI is InChI=1S/C26H27NO4/c1-4-6-15-31-26(30)23(5-2)18(3)20-9-7-19(8-10-20)17-27-14-13-21-16-22(25(28)29)11-12-24(21)27/h5,7-14,16H,3-4,6,15,17H2,1-2H3,(H,28,29)/b23-5+. The zero-order valence-electron chi connectivity index (χ0n) is 17.9. The number of ether oxygens (including phenoxy) is 1. The third kappa shape index (κ3) is 5.12. The fourth-order valence-corrected chi connectivity index (χ4v) is 3.44. The molecule has 1 heterocycles. The third-order valence-electron chi connectivity index (χ3n) is 5.24. The Morgan fingerprint density at radius 1 is 1.10 bits per heavy atom. The number of fused-ring (bicyclic) bond motifs is 1. The summed E-state index contributed by atoms with van der Waals surface area (Å²) < 4.78 is 7.40. The van der Waals surface area contributed by atoms with Gasteiger partial charge in [0.25, 0.3) is 0 Å². The molecule has 0 unspecified atom stereocenters. The highest BCUT2D eigenvalue weighted by molar-refractivity contribution is 6.05. The van der Waals surface area contributed by atoms with Crippen molar-refractivity contribution in [3.8, 4) is 0 Å². The van der Waals surface area contributed by atoms with Gasteiger partial charge in [0.15, 0.2) is 0 Å². The number of carboxylic acid groups (broad SMARTS) is 1. The summed E-state index contributed by atoms with van der Waals surface area (Å²) in [7, 11) is 0. The van der Waals surface area contributed by atoms with E-state index >= 15 is 0 Å². The van der Waals surface area contributed by atoms with Crippen LogP contribution in [-0.2, 0) is 16.1 Å². The fourth-order valence-electron chi connectivity index (χ4n) is 3.44. The van der Waals surface area contributed by atoms with E-state index in [1.807, 2.05) is 49.5 Å². The van der Waals surface area contributed by atoms with E-state index in [0.717, 1.165) is 34.9 Å². The Morgan fingerprint density at radius 2 is 1.81 bits per heavy atom. The molecular weight excluding hydrogens is 390 g/mol. The number of benzene rings is 2. The maximum atomic E-state index is 12.3. The Hall–Kier alpha value is -3.60. The predicted octanol–water partition coefficient (Wildman–Crippen LogP) is 5.69. The maximum absolute atomic E-state index is 12.3. The molecule has 0 atom stereocenters. The van der Waals surface area contributed by atoms with Gasteiger partial charge in [0.1, 0.15) is 0 Å². The largest absolute Gasteiger partial charge is 0.478 e. The molecule has 0 fully saturated rings. The number of hydrogen-bond donors (Lipinski definition) is 1. The molecule has 1 aromatic heterocycles. The summed E-state index contributed by atoms with van der Waals surface area (Å²) in [5.74, 6) is -1.27. The zero-order chi connectivity index (χ0) is 22.4. The van der Waals surface area contributed by atoms with Gasteiger partial charge in [0, 0.05) is 23.6 Å². The van der Waals surface area contributed by atoms with Crippen LogP contribution >= 0.6 is 0 Å². The van der Waals surface area contributed by atoms with E-state index in [4.69, 9.17) is 9.84 Å². The van der Waals surface area contributed by atoms with Gasteiger partial charge in [-0.1, -0.05) is 50.3 Å². The highest BCUT2D eigenvalue weighted by Crippen LogP contribution is 2.24. The smallest absolute Gasteiger partial charge is 0.338 e. The Morgan fingerprint density at radius 3 is 2.45 bits per heavy atom. The number of esters is 1. The van der Waals surface area contributed by atoms with Crippen LogP contribution in [0, 0.1) is 0 Å². The van der Waals surface area contributed by atoms with Crippen molar-refractivity contribution in [2.75, 3.05) is 6.61 Å². The molecule has 0 amide bonds. The van der Waals surface area contributed by atoms with Gasteiger partial charge >= 0.3 is 11.9 Å². The van der Waals surface area contributed by atoms with Crippen molar-refractivity contribution >= 4 is 28.4 Å². The van der Waals surface area contributed by atoms with Gasteiger partial charge < -0.3 is 14.4 Å². The molecule has 0 saturated carbocycles. The molecule has 160 valence electrons. The van der Waals surface area contributed by atoms with E-state index in [9.17, 15) is 9.59 Å². The van der Waals surface area contributed by atoms with Crippen LogP contribution in [0.4, 0.5) is 0 Å². The van der Waals surface area contributed by atoms with Crippen LogP contribution in [0.1, 0.15) is 48.2 Å². The van der Waals surface area contributed by atoms with Gasteiger partial charge in [0.2, 0.25) is 0 Å². The number of hydrogen-bond acceptors (Lipinski definition) is 3. The van der Waals surface area contributed by atoms with Gasteiger partial charge in [-0.2, -0.15) is 0 Å². The second kappa shape index (κ2) is 9.94. The molecule has 3 rings (SSSR count). The summed E-state index contributed by atoms with van der Waals surface area (Å²) in [6.45, 7) is 9.02. The van der Waals surface area contributed by atoms with Crippen LogP contribution in [0.3, 0.4) is 0 Å². The first-order valence-electron chi connectivity index (χ1n) is 10.4. The van der Waals surface area contributed by atoms with Crippen LogP contribution in [-0.4, -0.2) is 28.2 Å². The van der Waals surface area contributed by atoms with Crippen LogP contribution in [0.15, 0.2) is 73.0 Å². The summed E-state index contributed by atoms with van der Waals surface area (Å²) in [5, 5.41) is 10.0. The monoisotopic (exact) mass is 417 g/mol. The van der Waals surface area contributed by atoms with E-state index in [-0.39, 0.29) is 11.5 Å². The highest BCUT2D eigenvalue weighted by atomic mass is 16.5. The number of carbonyl (C=O) groups excluding carboxylic acids is 1. The van der Waals surface area contributed by atoms with Gasteiger partial charge in [-0.25, -0.2) is 9.59 Å². The summed E-state index contributed by atoms with van der Waals surface area (Å²) in [6.07, 6.45) is 5.50. The van der Waals surface area contributed by atoms with Crippen molar-refractivity contribution in [2.45, 2.75) is 33.2 Å². The van der Waals surface area contributed by atoms with Gasteiger partial charge in [-0.05, 0) is 54.3 Å². The molecule has 1 N–H and O–H groups in total. The van der Waals surface area contributed by atoms with Gasteiger partial charge in [0.05, 0.1) is 17.7 Å². The van der Waals surface area contributed by atoms with Gasteiger partial charge in [-0.15, -0.1) is 0 Å². The molecule has 0 bridgehead atoms. The summed E-state index contributed by atoms with van der Waals surface area (Å²) >= 11 is 0. The van der Waals surface area contributed by atoms with Crippen molar-refractivity contribution in [1.29, 1.82) is 0 Å². The minimum atomic E-state index is -0.930. The molecular formula is C26H27NO4. The molecule has 2 aromatic carbocycles. The second-order valence-electron chi connectivity index (χ2n) is 7.39. The average Bonchev–Trinajstić information content (AvgIpc) is 3.17. The zero-order valence-corrected chi connectivity index (χ0v) is 17.9. The van der Waals surface area contributed by atoms with Crippen molar-refractivity contribution in [3.05, 3.63) is 89.6 Å². The normalized spacial score (nSPS) is 11.5. The third-order valence-corrected chi connectivity index (χ3v) is 5.24. The van der Waals surface area contributed by atoms with Crippen molar-refractivity contribution in [3.63, 3.8) is 0 Å².